The van der Waals surface area contributed by atoms with Gasteiger partial charge in [-0.1, -0.05) is 30.3 Å². The van der Waals surface area contributed by atoms with Gasteiger partial charge in [-0.2, -0.15) is 0 Å². The highest BCUT2D eigenvalue weighted by Gasteiger charge is 2.46. The van der Waals surface area contributed by atoms with Crippen LogP contribution in [0.5, 0.6) is 0 Å². The van der Waals surface area contributed by atoms with E-state index in [1.807, 2.05) is 31.7 Å². The van der Waals surface area contributed by atoms with E-state index in [4.69, 9.17) is 4.74 Å². The molecule has 2 fully saturated rings. The van der Waals surface area contributed by atoms with Crippen LogP contribution in [0.1, 0.15) is 32.8 Å². The maximum Gasteiger partial charge on any atom is 0.410 e. The number of hydrogen-bond donors (Lipinski definition) is 0. The molecule has 1 amide bonds. The smallest absolute Gasteiger partial charge is 0.410 e. The van der Waals surface area contributed by atoms with Crippen LogP contribution in [-0.4, -0.2) is 46.7 Å². The zero-order chi connectivity index (χ0) is 15.0. The molecule has 0 aromatic heterocycles. The summed E-state index contributed by atoms with van der Waals surface area (Å²) in [6.45, 7) is 8.48. The Bertz CT molecular complexity index is 509. The van der Waals surface area contributed by atoms with E-state index in [0.717, 1.165) is 26.1 Å². The van der Waals surface area contributed by atoms with Crippen molar-refractivity contribution in [2.24, 2.45) is 0 Å². The predicted octanol–water partition coefficient (Wildman–Crippen LogP) is 2.88. The van der Waals surface area contributed by atoms with Crippen LogP contribution in [0.25, 0.3) is 0 Å². The Morgan fingerprint density at radius 2 is 1.90 bits per heavy atom. The normalized spacial score (nSPS) is 25.4. The third-order valence-electron chi connectivity index (χ3n) is 4.21. The lowest BCUT2D eigenvalue weighted by Gasteiger charge is -2.35. The van der Waals surface area contributed by atoms with Crippen LogP contribution < -0.4 is 0 Å². The summed E-state index contributed by atoms with van der Waals surface area (Å²) in [7, 11) is 0. The van der Waals surface area contributed by atoms with Crippen molar-refractivity contribution in [3.05, 3.63) is 35.9 Å². The highest BCUT2D eigenvalue weighted by Crippen LogP contribution is 2.32. The van der Waals surface area contributed by atoms with Gasteiger partial charge in [0.05, 0.1) is 0 Å². The highest BCUT2D eigenvalue weighted by molar-refractivity contribution is 5.69. The van der Waals surface area contributed by atoms with Gasteiger partial charge in [-0.15, -0.1) is 0 Å². The van der Waals surface area contributed by atoms with Gasteiger partial charge in [0.1, 0.15) is 5.60 Å². The number of hydrogen-bond acceptors (Lipinski definition) is 3. The Hall–Kier alpha value is -1.55. The molecule has 2 saturated heterocycles. The van der Waals surface area contributed by atoms with Crippen molar-refractivity contribution in [3.63, 3.8) is 0 Å². The summed E-state index contributed by atoms with van der Waals surface area (Å²) in [6, 6.07) is 11.3. The topological polar surface area (TPSA) is 32.8 Å². The first-order chi connectivity index (χ1) is 9.92. The molecule has 4 nitrogen and oxygen atoms in total. The number of piperazine rings is 1. The van der Waals surface area contributed by atoms with Gasteiger partial charge in [-0.05, 0) is 32.8 Å². The number of rotatable bonds is 2. The summed E-state index contributed by atoms with van der Waals surface area (Å²) in [5.41, 5.74) is 0.927. The molecule has 4 heteroatoms. The minimum Gasteiger partial charge on any atom is -0.444 e. The van der Waals surface area contributed by atoms with Crippen molar-refractivity contribution in [1.29, 1.82) is 0 Å². The number of likely N-dealkylation sites (tertiary alicyclic amines) is 2. The van der Waals surface area contributed by atoms with Gasteiger partial charge in [0, 0.05) is 31.7 Å². The molecule has 0 saturated carbocycles. The van der Waals surface area contributed by atoms with Crippen LogP contribution in [-0.2, 0) is 11.3 Å². The van der Waals surface area contributed by atoms with Gasteiger partial charge in [-0.3, -0.25) is 4.90 Å². The average molecular weight is 288 g/mol. The van der Waals surface area contributed by atoms with Gasteiger partial charge in [0.2, 0.25) is 0 Å². The summed E-state index contributed by atoms with van der Waals surface area (Å²) in [4.78, 5) is 16.6. The molecule has 2 atom stereocenters. The highest BCUT2D eigenvalue weighted by atomic mass is 16.6. The van der Waals surface area contributed by atoms with Crippen LogP contribution >= 0.6 is 0 Å². The fraction of sp³-hybridized carbons (Fsp3) is 0.588. The standard InChI is InChI=1S/C17H24N2O2/c1-17(2,3)21-16(20)19-12-14-9-15(19)11-18(14)10-13-7-5-4-6-8-13/h4-8,14-15H,9-12H2,1-3H3/t14-,15-/m0/s1. The second kappa shape index (κ2) is 5.34. The van der Waals surface area contributed by atoms with Gasteiger partial charge in [0.15, 0.2) is 0 Å². The molecule has 3 rings (SSSR count). The van der Waals surface area contributed by atoms with Crippen molar-refractivity contribution in [2.45, 2.75) is 51.4 Å². The monoisotopic (exact) mass is 288 g/mol. The molecule has 2 aliphatic heterocycles. The summed E-state index contributed by atoms with van der Waals surface area (Å²) >= 11 is 0. The summed E-state index contributed by atoms with van der Waals surface area (Å²) in [5, 5.41) is 0. The molecular weight excluding hydrogens is 264 g/mol. The molecule has 0 unspecified atom stereocenters. The number of ether oxygens (including phenoxy) is 1. The van der Waals surface area contributed by atoms with Crippen LogP contribution in [0, 0.1) is 0 Å². The first kappa shape index (κ1) is 14.4. The minimum atomic E-state index is -0.414. The molecule has 1 aromatic rings. The van der Waals surface area contributed by atoms with Gasteiger partial charge >= 0.3 is 6.09 Å². The Morgan fingerprint density at radius 1 is 1.19 bits per heavy atom. The fourth-order valence-corrected chi connectivity index (χ4v) is 3.31. The number of amides is 1. The molecule has 21 heavy (non-hydrogen) atoms. The second-order valence-electron chi connectivity index (χ2n) is 7.09. The van der Waals surface area contributed by atoms with E-state index in [-0.39, 0.29) is 6.09 Å². The molecule has 1 aromatic carbocycles. The quantitative estimate of drug-likeness (QED) is 0.839. The molecule has 2 bridgehead atoms. The van der Waals surface area contributed by atoms with Crippen LogP contribution in [0.4, 0.5) is 4.79 Å². The van der Waals surface area contributed by atoms with Crippen LogP contribution in [0.2, 0.25) is 0 Å². The van der Waals surface area contributed by atoms with Gasteiger partial charge in [0.25, 0.3) is 0 Å². The predicted molar refractivity (Wildman–Crippen MR) is 82.0 cm³/mol. The zero-order valence-electron chi connectivity index (χ0n) is 13.1. The van der Waals surface area contributed by atoms with E-state index < -0.39 is 5.60 Å². The molecule has 0 N–H and O–H groups in total. The zero-order valence-corrected chi connectivity index (χ0v) is 13.1. The molecule has 0 radical (unpaired) electrons. The average Bonchev–Trinajstić information content (AvgIpc) is 2.97. The minimum absolute atomic E-state index is 0.158. The van der Waals surface area contributed by atoms with E-state index in [2.05, 4.69) is 29.2 Å². The lowest BCUT2D eigenvalue weighted by molar-refractivity contribution is 0.0124. The Morgan fingerprint density at radius 3 is 2.48 bits per heavy atom. The number of nitrogens with zero attached hydrogens (tertiary/aromatic N) is 2. The third-order valence-corrected chi connectivity index (χ3v) is 4.21. The summed E-state index contributed by atoms with van der Waals surface area (Å²) < 4.78 is 5.50. The molecule has 2 aliphatic rings. The summed E-state index contributed by atoms with van der Waals surface area (Å²) in [6.07, 6.45) is 0.917. The Kier molecular flexibility index (Phi) is 3.66. The number of benzene rings is 1. The Labute approximate surface area is 126 Å². The van der Waals surface area contributed by atoms with Crippen molar-refractivity contribution < 1.29 is 9.53 Å². The maximum absolute atomic E-state index is 12.2. The maximum atomic E-state index is 12.2. The van der Waals surface area contributed by atoms with Crippen molar-refractivity contribution in [2.75, 3.05) is 13.1 Å². The van der Waals surface area contributed by atoms with E-state index in [1.165, 1.54) is 5.56 Å². The molecule has 0 aliphatic carbocycles. The van der Waals surface area contributed by atoms with E-state index in [9.17, 15) is 4.79 Å². The first-order valence-electron chi connectivity index (χ1n) is 7.70. The number of carbonyl (C=O) groups is 1. The first-order valence-corrected chi connectivity index (χ1v) is 7.70. The second-order valence-corrected chi connectivity index (χ2v) is 7.09. The van der Waals surface area contributed by atoms with Gasteiger partial charge < -0.3 is 9.64 Å². The summed E-state index contributed by atoms with van der Waals surface area (Å²) in [5.74, 6) is 0. The largest absolute Gasteiger partial charge is 0.444 e. The van der Waals surface area contributed by atoms with Crippen molar-refractivity contribution >= 4 is 6.09 Å². The molecule has 0 spiro atoms. The fourth-order valence-electron chi connectivity index (χ4n) is 3.31. The van der Waals surface area contributed by atoms with Gasteiger partial charge in [-0.25, -0.2) is 4.79 Å². The molecule has 2 heterocycles. The number of carbonyl (C=O) groups excluding carboxylic acids is 1. The SMILES string of the molecule is CC(C)(C)OC(=O)N1C[C@@H]2C[C@H]1CN2Cc1ccccc1. The number of fused-ring (bicyclic) bond motifs is 2. The van der Waals surface area contributed by atoms with E-state index in [0.29, 0.717) is 12.1 Å². The van der Waals surface area contributed by atoms with Crippen LogP contribution in [0.3, 0.4) is 0 Å². The van der Waals surface area contributed by atoms with Crippen molar-refractivity contribution in [1.82, 2.24) is 9.80 Å². The van der Waals surface area contributed by atoms with Crippen molar-refractivity contribution in [3.8, 4) is 0 Å². The third kappa shape index (κ3) is 3.21. The molecule has 114 valence electrons. The lowest BCUT2D eigenvalue weighted by Crippen LogP contribution is -2.49. The van der Waals surface area contributed by atoms with E-state index in [1.54, 1.807) is 0 Å². The Balaban J connectivity index is 1.58. The van der Waals surface area contributed by atoms with Crippen LogP contribution in [0.15, 0.2) is 30.3 Å². The lowest BCUT2D eigenvalue weighted by atomic mass is 10.2. The molecular formula is C17H24N2O2. The van der Waals surface area contributed by atoms with E-state index >= 15 is 0 Å².